The van der Waals surface area contributed by atoms with Crippen molar-refractivity contribution in [2.24, 2.45) is 11.3 Å². The Morgan fingerprint density at radius 1 is 0.886 bits per heavy atom. The lowest BCUT2D eigenvalue weighted by atomic mass is 9.66. The second-order valence-corrected chi connectivity index (χ2v) is 10.4. The minimum atomic E-state index is -0.688. The Morgan fingerprint density at radius 2 is 1.49 bits per heavy atom. The zero-order valence-electron chi connectivity index (χ0n) is 20.9. The predicted molar refractivity (Wildman–Crippen MR) is 144 cm³/mol. The van der Waals surface area contributed by atoms with Gasteiger partial charge in [0.15, 0.2) is 0 Å². The zero-order chi connectivity index (χ0) is 24.7. The summed E-state index contributed by atoms with van der Waals surface area (Å²) in [5.74, 6) is -0.485. The van der Waals surface area contributed by atoms with Gasteiger partial charge in [-0.2, -0.15) is 0 Å². The third-order valence-electron chi connectivity index (χ3n) is 8.29. The molecule has 0 spiro atoms. The van der Waals surface area contributed by atoms with Crippen LogP contribution in [-0.2, 0) is 4.79 Å². The summed E-state index contributed by atoms with van der Waals surface area (Å²) in [7, 11) is 0. The number of unbranched alkanes of at least 4 members (excludes halogenated alkanes) is 6. The fourth-order valence-corrected chi connectivity index (χ4v) is 6.61. The van der Waals surface area contributed by atoms with Crippen molar-refractivity contribution in [3.8, 4) is 0 Å². The Labute approximate surface area is 210 Å². The number of fused-ring (bicyclic) bond motifs is 1. The van der Waals surface area contributed by atoms with Crippen LogP contribution in [0.1, 0.15) is 88.2 Å². The van der Waals surface area contributed by atoms with Gasteiger partial charge in [0, 0.05) is 17.8 Å². The van der Waals surface area contributed by atoms with Crippen LogP contribution in [0.15, 0.2) is 72.8 Å². The molecule has 0 aromatic heterocycles. The normalized spacial score (nSPS) is 23.5. The fraction of sp³-hybridized carbons (Fsp3) is 0.469. The lowest BCUT2D eigenvalue weighted by Gasteiger charge is -2.37. The predicted octanol–water partition coefficient (Wildman–Crippen LogP) is 7.91. The third kappa shape index (κ3) is 5.62. The number of carbonyl (C=O) groups is 1. The van der Waals surface area contributed by atoms with E-state index in [0.29, 0.717) is 6.42 Å². The highest BCUT2D eigenvalue weighted by atomic mass is 16.4. The van der Waals surface area contributed by atoms with E-state index in [0.717, 1.165) is 56.9 Å². The van der Waals surface area contributed by atoms with Crippen LogP contribution in [0, 0.1) is 11.3 Å². The first-order valence-electron chi connectivity index (χ1n) is 13.5. The molecule has 2 aliphatic rings. The Bertz CT molecular complexity index is 1020. The molecule has 1 fully saturated rings. The number of hydrogen-bond donors (Lipinski definition) is 2. The van der Waals surface area contributed by atoms with Gasteiger partial charge in [-0.3, -0.25) is 4.79 Å². The number of carboxylic acid groups (broad SMARTS) is 1. The van der Waals surface area contributed by atoms with Gasteiger partial charge in [-0.15, -0.1) is 0 Å². The van der Waals surface area contributed by atoms with Gasteiger partial charge < -0.3 is 10.2 Å². The number of allylic oxidation sites excluding steroid dienone is 3. The molecule has 4 rings (SSSR count). The summed E-state index contributed by atoms with van der Waals surface area (Å²) >= 11 is 0. The Hall–Kier alpha value is -2.65. The topological polar surface area (TPSA) is 57.5 Å². The van der Waals surface area contributed by atoms with Gasteiger partial charge in [-0.05, 0) is 60.8 Å². The van der Waals surface area contributed by atoms with Crippen LogP contribution >= 0.6 is 0 Å². The van der Waals surface area contributed by atoms with Crippen LogP contribution < -0.4 is 0 Å². The molecule has 35 heavy (non-hydrogen) atoms. The lowest BCUT2D eigenvalue weighted by Crippen LogP contribution is -2.29. The van der Waals surface area contributed by atoms with Crippen LogP contribution in [0.25, 0.3) is 11.1 Å². The van der Waals surface area contributed by atoms with Crippen LogP contribution in [0.2, 0.25) is 0 Å². The molecule has 3 heteroatoms. The first-order chi connectivity index (χ1) is 17.0. The molecule has 1 saturated carbocycles. The molecule has 0 aliphatic heterocycles. The van der Waals surface area contributed by atoms with Gasteiger partial charge in [0.05, 0.1) is 6.10 Å². The number of hydrogen-bond acceptors (Lipinski definition) is 2. The minimum absolute atomic E-state index is 0.193. The number of aliphatic carboxylic acids is 1. The molecule has 0 saturated heterocycles. The van der Waals surface area contributed by atoms with Crippen LogP contribution in [0.4, 0.5) is 0 Å². The second-order valence-electron chi connectivity index (χ2n) is 10.4. The first-order valence-corrected chi connectivity index (χ1v) is 13.5. The van der Waals surface area contributed by atoms with E-state index in [1.54, 1.807) is 0 Å². The molecule has 186 valence electrons. The van der Waals surface area contributed by atoms with Crippen molar-refractivity contribution in [1.82, 2.24) is 0 Å². The molecule has 0 amide bonds. The molecule has 2 aromatic rings. The molecular formula is C32H40O3. The molecule has 2 aliphatic carbocycles. The quantitative estimate of drug-likeness (QED) is 0.291. The molecular weight excluding hydrogens is 432 g/mol. The van der Waals surface area contributed by atoms with Crippen molar-refractivity contribution in [2.75, 3.05) is 0 Å². The highest BCUT2D eigenvalue weighted by Crippen LogP contribution is 2.66. The van der Waals surface area contributed by atoms with Crippen LogP contribution in [0.3, 0.4) is 0 Å². The number of carboxylic acids is 1. The second kappa shape index (κ2) is 11.9. The van der Waals surface area contributed by atoms with Gasteiger partial charge in [0.1, 0.15) is 0 Å². The Morgan fingerprint density at radius 3 is 2.14 bits per heavy atom. The van der Waals surface area contributed by atoms with Crippen molar-refractivity contribution in [3.05, 3.63) is 83.9 Å². The molecule has 2 N–H and O–H groups in total. The Balaban J connectivity index is 1.50. The maximum Gasteiger partial charge on any atom is 0.303 e. The summed E-state index contributed by atoms with van der Waals surface area (Å²) in [5, 5.41) is 19.8. The number of aliphatic hydroxyl groups is 1. The van der Waals surface area contributed by atoms with Crippen molar-refractivity contribution in [1.29, 1.82) is 0 Å². The summed E-state index contributed by atoms with van der Waals surface area (Å²) in [5.41, 5.74) is 6.39. The largest absolute Gasteiger partial charge is 0.481 e. The van der Waals surface area contributed by atoms with E-state index < -0.39 is 5.97 Å². The Kier molecular flexibility index (Phi) is 8.62. The molecule has 0 unspecified atom stereocenters. The van der Waals surface area contributed by atoms with Crippen LogP contribution in [-0.4, -0.2) is 22.3 Å². The van der Waals surface area contributed by atoms with E-state index in [-0.39, 0.29) is 17.4 Å². The van der Waals surface area contributed by atoms with Crippen molar-refractivity contribution in [3.63, 3.8) is 0 Å². The average molecular weight is 473 g/mol. The van der Waals surface area contributed by atoms with Crippen molar-refractivity contribution >= 4 is 17.1 Å². The SMILES string of the molecule is C=C(c1ccccc1)[C@@]12CC[C@@H](O)[C@@H]1CC(CCCCCCCCCC(=O)O)=C2c1ccccc1. The van der Waals surface area contributed by atoms with E-state index in [9.17, 15) is 9.90 Å². The molecule has 3 nitrogen and oxygen atoms in total. The fourth-order valence-electron chi connectivity index (χ4n) is 6.61. The van der Waals surface area contributed by atoms with Crippen molar-refractivity contribution in [2.45, 2.75) is 83.2 Å². The van der Waals surface area contributed by atoms with E-state index in [4.69, 9.17) is 5.11 Å². The van der Waals surface area contributed by atoms with Gasteiger partial charge >= 0.3 is 5.97 Å². The zero-order valence-corrected chi connectivity index (χ0v) is 20.9. The summed E-state index contributed by atoms with van der Waals surface area (Å²) in [4.78, 5) is 10.6. The van der Waals surface area contributed by atoms with E-state index in [1.807, 2.05) is 0 Å². The summed E-state index contributed by atoms with van der Waals surface area (Å²) in [6.45, 7) is 4.66. The van der Waals surface area contributed by atoms with Gasteiger partial charge in [-0.1, -0.05) is 105 Å². The summed E-state index contributed by atoms with van der Waals surface area (Å²) in [6, 6.07) is 21.3. The standard InChI is InChI=1S/C32H40O3/c1-24(25-15-10-7-11-16-25)32-22-21-29(33)28(32)23-27(31(32)26-17-12-8-13-18-26)19-9-5-3-2-4-6-14-20-30(34)35/h7-8,10-13,15-18,28-29,33H,1-6,9,14,19-23H2,(H,34,35)/t28-,29+,32-/m0/s1. The van der Waals surface area contributed by atoms with E-state index >= 15 is 0 Å². The average Bonchev–Trinajstić information content (AvgIpc) is 3.38. The van der Waals surface area contributed by atoms with Gasteiger partial charge in [0.25, 0.3) is 0 Å². The molecule has 0 bridgehead atoms. The first kappa shape index (κ1) is 25.4. The minimum Gasteiger partial charge on any atom is -0.481 e. The smallest absolute Gasteiger partial charge is 0.303 e. The monoisotopic (exact) mass is 472 g/mol. The highest BCUT2D eigenvalue weighted by Gasteiger charge is 2.56. The maximum atomic E-state index is 11.1. The number of benzene rings is 2. The molecule has 0 radical (unpaired) electrons. The third-order valence-corrected chi connectivity index (χ3v) is 8.29. The summed E-state index contributed by atoms with van der Waals surface area (Å²) in [6.07, 6.45) is 11.5. The lowest BCUT2D eigenvalue weighted by molar-refractivity contribution is -0.137. The molecule has 0 heterocycles. The van der Waals surface area contributed by atoms with Crippen LogP contribution in [0.5, 0.6) is 0 Å². The van der Waals surface area contributed by atoms with Gasteiger partial charge in [0.2, 0.25) is 0 Å². The molecule has 3 atom stereocenters. The maximum absolute atomic E-state index is 11.1. The molecule has 2 aromatic carbocycles. The van der Waals surface area contributed by atoms with E-state index in [1.165, 1.54) is 41.5 Å². The number of rotatable bonds is 13. The van der Waals surface area contributed by atoms with Crippen molar-refractivity contribution < 1.29 is 15.0 Å². The number of aliphatic hydroxyl groups excluding tert-OH is 1. The highest BCUT2D eigenvalue weighted by molar-refractivity contribution is 5.90. The van der Waals surface area contributed by atoms with E-state index in [2.05, 4.69) is 67.2 Å². The van der Waals surface area contributed by atoms with Gasteiger partial charge in [-0.25, -0.2) is 0 Å². The summed E-state index contributed by atoms with van der Waals surface area (Å²) < 4.78 is 0.